The minimum absolute atomic E-state index is 0.00872. The molecule has 2 rings (SSSR count). The highest BCUT2D eigenvalue weighted by Crippen LogP contribution is 2.23. The summed E-state index contributed by atoms with van der Waals surface area (Å²) in [5, 5.41) is 9.38. The summed E-state index contributed by atoms with van der Waals surface area (Å²) in [7, 11) is 0. The van der Waals surface area contributed by atoms with Crippen LogP contribution in [0.3, 0.4) is 0 Å². The molecule has 1 heterocycles. The first-order valence-electron chi connectivity index (χ1n) is 7.28. The third-order valence-corrected chi connectivity index (χ3v) is 4.15. The first-order chi connectivity index (χ1) is 11.9. The summed E-state index contributed by atoms with van der Waals surface area (Å²) >= 11 is 9.09. The minimum Gasteiger partial charge on any atom is -0.450 e. The highest BCUT2D eigenvalue weighted by Gasteiger charge is 2.20. The van der Waals surface area contributed by atoms with E-state index >= 15 is 0 Å². The Bertz CT molecular complexity index is 828. The van der Waals surface area contributed by atoms with Crippen molar-refractivity contribution in [3.05, 3.63) is 51.3 Å². The number of halogens is 2. The number of rotatable bonds is 6. The number of esters is 1. The van der Waals surface area contributed by atoms with Gasteiger partial charge in [-0.3, -0.25) is 4.79 Å². The van der Waals surface area contributed by atoms with Gasteiger partial charge in [0, 0.05) is 17.3 Å². The van der Waals surface area contributed by atoms with Crippen molar-refractivity contribution < 1.29 is 18.7 Å². The van der Waals surface area contributed by atoms with Crippen LogP contribution in [0.1, 0.15) is 22.5 Å². The molecule has 0 radical (unpaired) electrons. The van der Waals surface area contributed by atoms with E-state index in [-0.39, 0.29) is 18.7 Å². The topological polar surface area (TPSA) is 83.5 Å². The van der Waals surface area contributed by atoms with Crippen LogP contribution in [0.2, 0.25) is 5.02 Å². The van der Waals surface area contributed by atoms with Crippen LogP contribution >= 0.6 is 27.5 Å². The van der Waals surface area contributed by atoms with Crippen LogP contribution < -0.4 is 4.90 Å². The quantitative estimate of drug-likeness (QED) is 0.650. The molecule has 0 aliphatic heterocycles. The molecular weight excluding hydrogens is 412 g/mol. The monoisotopic (exact) mass is 424 g/mol. The molecule has 0 unspecified atom stereocenters. The number of hydrogen-bond donors (Lipinski definition) is 0. The zero-order valence-corrected chi connectivity index (χ0v) is 15.6. The van der Waals surface area contributed by atoms with Crippen LogP contribution in [-0.4, -0.2) is 25.0 Å². The van der Waals surface area contributed by atoms with Gasteiger partial charge in [0.15, 0.2) is 11.3 Å². The lowest BCUT2D eigenvalue weighted by Crippen LogP contribution is -2.35. The van der Waals surface area contributed by atoms with Crippen molar-refractivity contribution in [1.29, 1.82) is 5.26 Å². The fraction of sp³-hybridized carbons (Fsp3) is 0.235. The fourth-order valence-electron chi connectivity index (χ4n) is 2.06. The van der Waals surface area contributed by atoms with Crippen LogP contribution in [0, 0.1) is 18.3 Å². The third-order valence-electron chi connectivity index (χ3n) is 3.30. The summed E-state index contributed by atoms with van der Waals surface area (Å²) in [6.45, 7) is 1.53. The first-order valence-corrected chi connectivity index (χ1v) is 8.45. The molecule has 0 bridgehead atoms. The minimum atomic E-state index is -0.744. The van der Waals surface area contributed by atoms with Gasteiger partial charge in [-0.2, -0.15) is 5.26 Å². The number of nitrogens with zero attached hydrogens (tertiary/aromatic N) is 2. The molecule has 0 aliphatic rings. The van der Waals surface area contributed by atoms with Crippen LogP contribution in [0.25, 0.3) is 0 Å². The summed E-state index contributed by atoms with van der Waals surface area (Å²) in [6.07, 6.45) is 0.145. The number of ether oxygens (including phenoxy) is 1. The summed E-state index contributed by atoms with van der Waals surface area (Å²) in [5.41, 5.74) is 1.38. The second-order valence-electron chi connectivity index (χ2n) is 5.07. The fourth-order valence-corrected chi connectivity index (χ4v) is 2.48. The lowest BCUT2D eigenvalue weighted by Gasteiger charge is -2.22. The maximum atomic E-state index is 12.5. The number of hydrogen-bond acceptors (Lipinski definition) is 5. The Balaban J connectivity index is 2.08. The Morgan fingerprint density at radius 1 is 1.36 bits per heavy atom. The molecule has 1 amide bonds. The maximum Gasteiger partial charge on any atom is 0.374 e. The van der Waals surface area contributed by atoms with E-state index in [1.807, 2.05) is 13.0 Å². The molecule has 2 aromatic rings. The van der Waals surface area contributed by atoms with Gasteiger partial charge in [-0.25, -0.2) is 4.79 Å². The van der Waals surface area contributed by atoms with Gasteiger partial charge in [-0.1, -0.05) is 11.6 Å². The van der Waals surface area contributed by atoms with E-state index < -0.39 is 18.5 Å². The van der Waals surface area contributed by atoms with Gasteiger partial charge in [-0.05, 0) is 58.7 Å². The number of aryl methyl sites for hydroxylation is 1. The van der Waals surface area contributed by atoms with Crippen LogP contribution in [-0.2, 0) is 9.53 Å². The molecule has 6 nitrogen and oxygen atoms in total. The van der Waals surface area contributed by atoms with E-state index in [2.05, 4.69) is 15.9 Å². The highest BCUT2D eigenvalue weighted by atomic mass is 79.9. The number of carbonyl (C=O) groups excluding carboxylic acids is 2. The Morgan fingerprint density at radius 3 is 2.72 bits per heavy atom. The molecule has 0 N–H and O–H groups in total. The molecule has 8 heteroatoms. The molecule has 0 aliphatic carbocycles. The number of benzene rings is 1. The molecule has 0 spiro atoms. The molecule has 25 heavy (non-hydrogen) atoms. The number of furan rings is 1. The van der Waals surface area contributed by atoms with Gasteiger partial charge in [0.05, 0.1) is 12.5 Å². The lowest BCUT2D eigenvalue weighted by molar-refractivity contribution is -0.121. The molecule has 0 atom stereocenters. The van der Waals surface area contributed by atoms with Crippen molar-refractivity contribution in [1.82, 2.24) is 0 Å². The summed E-state index contributed by atoms with van der Waals surface area (Å²) in [6, 6.07) is 10.1. The van der Waals surface area contributed by atoms with Gasteiger partial charge in [0.1, 0.15) is 0 Å². The Kier molecular flexibility index (Phi) is 6.62. The molecular formula is C17H14BrClN2O4. The molecule has 0 saturated carbocycles. The van der Waals surface area contributed by atoms with Crippen molar-refractivity contribution in [3.63, 3.8) is 0 Å². The average Bonchev–Trinajstić information content (AvgIpc) is 3.02. The van der Waals surface area contributed by atoms with E-state index in [4.69, 9.17) is 26.0 Å². The molecule has 0 saturated heterocycles. The van der Waals surface area contributed by atoms with Crippen molar-refractivity contribution in [2.75, 3.05) is 18.1 Å². The van der Waals surface area contributed by atoms with E-state index in [0.29, 0.717) is 15.4 Å². The standard InChI is InChI=1S/C17H14BrClN2O4/c1-11-9-12(3-4-13(11)19)21(8-2-7-20)16(22)10-24-17(23)14-5-6-15(18)25-14/h3-6,9H,2,8,10H2,1H3. The molecule has 1 aromatic heterocycles. The van der Waals surface area contributed by atoms with Crippen LogP contribution in [0.15, 0.2) is 39.4 Å². The van der Waals surface area contributed by atoms with Gasteiger partial charge >= 0.3 is 5.97 Å². The largest absolute Gasteiger partial charge is 0.450 e. The number of anilines is 1. The van der Waals surface area contributed by atoms with E-state index in [1.165, 1.54) is 11.0 Å². The molecule has 130 valence electrons. The van der Waals surface area contributed by atoms with Crippen LogP contribution in [0.5, 0.6) is 0 Å². The SMILES string of the molecule is Cc1cc(N(CCC#N)C(=O)COC(=O)c2ccc(Br)o2)ccc1Cl. The van der Waals surface area contributed by atoms with Crippen molar-refractivity contribution in [3.8, 4) is 6.07 Å². The van der Waals surface area contributed by atoms with Crippen molar-refractivity contribution in [2.24, 2.45) is 0 Å². The second kappa shape index (κ2) is 8.70. The zero-order valence-electron chi connectivity index (χ0n) is 13.3. The maximum absolute atomic E-state index is 12.5. The smallest absolute Gasteiger partial charge is 0.374 e. The summed E-state index contributed by atoms with van der Waals surface area (Å²) < 4.78 is 10.4. The summed E-state index contributed by atoms with van der Waals surface area (Å²) in [4.78, 5) is 25.7. The van der Waals surface area contributed by atoms with Gasteiger partial charge in [0.2, 0.25) is 5.76 Å². The van der Waals surface area contributed by atoms with Crippen LogP contribution in [0.4, 0.5) is 5.69 Å². The van der Waals surface area contributed by atoms with Crippen molar-refractivity contribution >= 4 is 45.1 Å². The van der Waals surface area contributed by atoms with E-state index in [0.717, 1.165) is 5.56 Å². The third kappa shape index (κ3) is 5.08. The molecule has 1 aromatic carbocycles. The molecule has 0 fully saturated rings. The number of carbonyl (C=O) groups is 2. The Hall–Kier alpha value is -2.30. The predicted octanol–water partition coefficient (Wildman–Crippen LogP) is 4.11. The van der Waals surface area contributed by atoms with Gasteiger partial charge in [0.25, 0.3) is 5.91 Å². The Morgan fingerprint density at radius 2 is 2.12 bits per heavy atom. The van der Waals surface area contributed by atoms with E-state index in [9.17, 15) is 9.59 Å². The average molecular weight is 426 g/mol. The Labute approximate surface area is 158 Å². The first kappa shape index (κ1) is 19.0. The van der Waals surface area contributed by atoms with E-state index in [1.54, 1.807) is 24.3 Å². The zero-order chi connectivity index (χ0) is 18.4. The predicted molar refractivity (Wildman–Crippen MR) is 95.5 cm³/mol. The highest BCUT2D eigenvalue weighted by molar-refractivity contribution is 9.10. The second-order valence-corrected chi connectivity index (χ2v) is 6.26. The van der Waals surface area contributed by atoms with Gasteiger partial charge < -0.3 is 14.1 Å². The lowest BCUT2D eigenvalue weighted by atomic mass is 10.2. The normalized spacial score (nSPS) is 10.2. The van der Waals surface area contributed by atoms with Crippen molar-refractivity contribution in [2.45, 2.75) is 13.3 Å². The number of amides is 1. The number of nitriles is 1. The van der Waals surface area contributed by atoms with Gasteiger partial charge in [-0.15, -0.1) is 0 Å². The summed E-state index contributed by atoms with van der Waals surface area (Å²) in [5.74, 6) is -1.20.